The first-order valence-electron chi connectivity index (χ1n) is 12.1. The summed E-state index contributed by atoms with van der Waals surface area (Å²) in [7, 11) is 0. The van der Waals surface area contributed by atoms with Crippen molar-refractivity contribution in [1.29, 1.82) is 0 Å². The van der Waals surface area contributed by atoms with Crippen LogP contribution in [0.15, 0.2) is 47.4 Å². The van der Waals surface area contributed by atoms with E-state index in [4.69, 9.17) is 0 Å². The monoisotopic (exact) mass is 437 g/mol. The molecule has 2 aromatic rings. The predicted molar refractivity (Wildman–Crippen MR) is 127 cm³/mol. The molecule has 0 unspecified atom stereocenters. The van der Waals surface area contributed by atoms with Crippen LogP contribution in [0.4, 0.5) is 5.69 Å². The molecule has 172 valence electrons. The van der Waals surface area contributed by atoms with Crippen LogP contribution in [0.3, 0.4) is 0 Å². The number of anilines is 1. The SMILES string of the molecule is O=C(NCCCN1CCCCC1)C1CCN(c2cnn(Cc3ccccc3)c(=O)c2)CC1. The number of amides is 1. The maximum Gasteiger partial charge on any atom is 0.269 e. The van der Waals surface area contributed by atoms with E-state index in [1.54, 1.807) is 12.3 Å². The molecule has 0 saturated carbocycles. The van der Waals surface area contributed by atoms with Gasteiger partial charge in [0.1, 0.15) is 0 Å². The number of hydrogen-bond acceptors (Lipinski definition) is 5. The van der Waals surface area contributed by atoms with Gasteiger partial charge in [-0.15, -0.1) is 0 Å². The van der Waals surface area contributed by atoms with Crippen molar-refractivity contribution in [2.45, 2.75) is 45.1 Å². The first kappa shape index (κ1) is 22.5. The van der Waals surface area contributed by atoms with Crippen molar-refractivity contribution in [3.8, 4) is 0 Å². The summed E-state index contributed by atoms with van der Waals surface area (Å²) < 4.78 is 1.49. The lowest BCUT2D eigenvalue weighted by Crippen LogP contribution is -2.41. The van der Waals surface area contributed by atoms with Crippen LogP contribution in [0, 0.1) is 5.92 Å². The summed E-state index contributed by atoms with van der Waals surface area (Å²) in [4.78, 5) is 29.8. The third-order valence-corrected chi connectivity index (χ3v) is 6.66. The fourth-order valence-corrected chi connectivity index (χ4v) is 4.71. The number of aromatic nitrogens is 2. The van der Waals surface area contributed by atoms with Crippen LogP contribution in [0.2, 0.25) is 0 Å². The quantitative estimate of drug-likeness (QED) is 0.643. The zero-order valence-corrected chi connectivity index (χ0v) is 18.9. The van der Waals surface area contributed by atoms with E-state index in [1.165, 1.54) is 37.0 Å². The van der Waals surface area contributed by atoms with Gasteiger partial charge in [-0.1, -0.05) is 36.8 Å². The molecule has 1 aromatic heterocycles. The second-order valence-electron chi connectivity index (χ2n) is 9.00. The van der Waals surface area contributed by atoms with Gasteiger partial charge in [0, 0.05) is 31.6 Å². The Kier molecular flexibility index (Phi) is 7.93. The highest BCUT2D eigenvalue weighted by Gasteiger charge is 2.25. The summed E-state index contributed by atoms with van der Waals surface area (Å²) in [5, 5.41) is 7.51. The number of piperidine rings is 2. The highest BCUT2D eigenvalue weighted by atomic mass is 16.2. The van der Waals surface area contributed by atoms with Gasteiger partial charge in [0.25, 0.3) is 5.56 Å². The molecule has 1 N–H and O–H groups in total. The Bertz CT molecular complexity index is 915. The van der Waals surface area contributed by atoms with Crippen molar-refractivity contribution in [3.63, 3.8) is 0 Å². The van der Waals surface area contributed by atoms with Gasteiger partial charge in [-0.05, 0) is 57.3 Å². The molecule has 7 nitrogen and oxygen atoms in total. The molecule has 0 radical (unpaired) electrons. The molecule has 0 aliphatic carbocycles. The number of likely N-dealkylation sites (tertiary alicyclic amines) is 1. The number of rotatable bonds is 8. The van der Waals surface area contributed by atoms with Crippen molar-refractivity contribution in [1.82, 2.24) is 20.0 Å². The zero-order chi connectivity index (χ0) is 22.2. The normalized spacial score (nSPS) is 17.9. The van der Waals surface area contributed by atoms with Gasteiger partial charge < -0.3 is 15.1 Å². The van der Waals surface area contributed by atoms with E-state index in [0.717, 1.165) is 56.7 Å². The summed E-state index contributed by atoms with van der Waals surface area (Å²) >= 11 is 0. The lowest BCUT2D eigenvalue weighted by molar-refractivity contribution is -0.125. The second kappa shape index (κ2) is 11.3. The Morgan fingerprint density at radius 2 is 1.78 bits per heavy atom. The molecule has 7 heteroatoms. The standard InChI is InChI=1S/C25H35N5O2/c31-24-18-23(19-27-30(24)20-21-8-3-1-4-9-21)29-16-10-22(11-17-29)25(32)26-12-7-15-28-13-5-2-6-14-28/h1,3-4,8-9,18-19,22H,2,5-7,10-17,20H2,(H,26,32). The zero-order valence-electron chi connectivity index (χ0n) is 18.9. The average Bonchev–Trinajstić information content (AvgIpc) is 2.84. The van der Waals surface area contributed by atoms with Crippen molar-refractivity contribution >= 4 is 11.6 Å². The molecule has 0 bridgehead atoms. The van der Waals surface area contributed by atoms with Gasteiger partial charge in [0.15, 0.2) is 0 Å². The molecular formula is C25H35N5O2. The van der Waals surface area contributed by atoms with Gasteiger partial charge in [0.05, 0.1) is 18.4 Å². The fourth-order valence-electron chi connectivity index (χ4n) is 4.71. The molecule has 2 aliphatic heterocycles. The number of nitrogens with one attached hydrogen (secondary N) is 1. The lowest BCUT2D eigenvalue weighted by atomic mass is 9.95. The Morgan fingerprint density at radius 3 is 2.50 bits per heavy atom. The van der Waals surface area contributed by atoms with Crippen LogP contribution < -0.4 is 15.8 Å². The van der Waals surface area contributed by atoms with Gasteiger partial charge in [-0.2, -0.15) is 5.10 Å². The maximum atomic E-state index is 12.6. The van der Waals surface area contributed by atoms with E-state index in [2.05, 4.69) is 20.2 Å². The molecule has 4 rings (SSSR count). The van der Waals surface area contributed by atoms with Crippen molar-refractivity contribution in [3.05, 3.63) is 58.5 Å². The Balaban J connectivity index is 1.20. The summed E-state index contributed by atoms with van der Waals surface area (Å²) in [5.41, 5.74) is 1.80. The third-order valence-electron chi connectivity index (χ3n) is 6.66. The smallest absolute Gasteiger partial charge is 0.269 e. The van der Waals surface area contributed by atoms with Crippen molar-refractivity contribution in [2.24, 2.45) is 5.92 Å². The Hall–Kier alpha value is -2.67. The lowest BCUT2D eigenvalue weighted by Gasteiger charge is -2.32. The minimum Gasteiger partial charge on any atom is -0.370 e. The summed E-state index contributed by atoms with van der Waals surface area (Å²) in [6, 6.07) is 11.5. The summed E-state index contributed by atoms with van der Waals surface area (Å²) in [6.07, 6.45) is 8.39. The van der Waals surface area contributed by atoms with Gasteiger partial charge in [-0.3, -0.25) is 9.59 Å². The van der Waals surface area contributed by atoms with Crippen LogP contribution in [0.1, 0.15) is 44.1 Å². The first-order chi connectivity index (χ1) is 15.7. The number of nitrogens with zero attached hydrogens (tertiary/aromatic N) is 4. The number of benzene rings is 1. The number of carbonyl (C=O) groups excluding carboxylic acids is 1. The maximum absolute atomic E-state index is 12.6. The van der Waals surface area contributed by atoms with Crippen molar-refractivity contribution in [2.75, 3.05) is 44.2 Å². The molecule has 2 fully saturated rings. The molecular weight excluding hydrogens is 402 g/mol. The topological polar surface area (TPSA) is 70.5 Å². The van der Waals surface area contributed by atoms with E-state index < -0.39 is 0 Å². The van der Waals surface area contributed by atoms with E-state index in [9.17, 15) is 9.59 Å². The average molecular weight is 438 g/mol. The fraction of sp³-hybridized carbons (Fsp3) is 0.560. The molecule has 2 saturated heterocycles. The van der Waals surface area contributed by atoms with E-state index in [1.807, 2.05) is 30.3 Å². The molecule has 1 amide bonds. The third kappa shape index (κ3) is 6.19. The van der Waals surface area contributed by atoms with Crippen LogP contribution in [0.25, 0.3) is 0 Å². The van der Waals surface area contributed by atoms with Crippen molar-refractivity contribution < 1.29 is 4.79 Å². The summed E-state index contributed by atoms with van der Waals surface area (Å²) in [5.74, 6) is 0.243. The Morgan fingerprint density at radius 1 is 1.03 bits per heavy atom. The van der Waals surface area contributed by atoms with Crippen LogP contribution in [-0.2, 0) is 11.3 Å². The van der Waals surface area contributed by atoms with E-state index in [0.29, 0.717) is 6.54 Å². The van der Waals surface area contributed by atoms with E-state index in [-0.39, 0.29) is 17.4 Å². The molecule has 0 spiro atoms. The minimum absolute atomic E-state index is 0.0626. The Labute approximate surface area is 190 Å². The number of carbonyl (C=O) groups is 1. The number of hydrogen-bond donors (Lipinski definition) is 1. The van der Waals surface area contributed by atoms with Crippen LogP contribution in [0.5, 0.6) is 0 Å². The largest absolute Gasteiger partial charge is 0.370 e. The summed E-state index contributed by atoms with van der Waals surface area (Å²) in [6.45, 7) is 6.28. The first-order valence-corrected chi connectivity index (χ1v) is 12.1. The van der Waals surface area contributed by atoms with Gasteiger partial charge in [-0.25, -0.2) is 4.68 Å². The van der Waals surface area contributed by atoms with Gasteiger partial charge >= 0.3 is 0 Å². The highest BCUT2D eigenvalue weighted by Crippen LogP contribution is 2.22. The molecule has 32 heavy (non-hydrogen) atoms. The van der Waals surface area contributed by atoms with Crippen LogP contribution in [-0.4, -0.2) is 59.9 Å². The molecule has 1 aromatic carbocycles. The molecule has 0 atom stereocenters. The second-order valence-corrected chi connectivity index (χ2v) is 9.00. The minimum atomic E-state index is -0.0973. The highest BCUT2D eigenvalue weighted by molar-refractivity contribution is 5.78. The van der Waals surface area contributed by atoms with Crippen LogP contribution >= 0.6 is 0 Å². The molecule has 2 aliphatic rings. The predicted octanol–water partition coefficient (Wildman–Crippen LogP) is 2.50. The van der Waals surface area contributed by atoms with E-state index >= 15 is 0 Å². The van der Waals surface area contributed by atoms with Gasteiger partial charge in [0.2, 0.25) is 5.91 Å². The molecule has 3 heterocycles.